The molecule has 158 valence electrons. The second-order valence-electron chi connectivity index (χ2n) is 6.84. The number of rotatable bonds is 6. The largest absolute Gasteiger partial charge is 0.319 e. The summed E-state index contributed by atoms with van der Waals surface area (Å²) >= 11 is 6.10. The third-order valence-electron chi connectivity index (χ3n) is 4.68. The zero-order valence-corrected chi connectivity index (χ0v) is 17.4. The second kappa shape index (κ2) is 9.28. The van der Waals surface area contributed by atoms with Gasteiger partial charge in [0.15, 0.2) is 5.78 Å². The van der Waals surface area contributed by atoms with Gasteiger partial charge in [-0.05, 0) is 30.3 Å². The molecule has 0 radical (unpaired) electrons. The van der Waals surface area contributed by atoms with Gasteiger partial charge in [0.25, 0.3) is 11.8 Å². The van der Waals surface area contributed by atoms with Crippen LogP contribution in [0.2, 0.25) is 5.02 Å². The number of nitrogens with one attached hydrogen (secondary N) is 4. The Morgan fingerprint density at radius 3 is 2.22 bits per heavy atom. The van der Waals surface area contributed by atoms with E-state index >= 15 is 0 Å². The van der Waals surface area contributed by atoms with Gasteiger partial charge in [-0.2, -0.15) is 0 Å². The summed E-state index contributed by atoms with van der Waals surface area (Å²) in [6.07, 6.45) is 1.38. The summed E-state index contributed by atoms with van der Waals surface area (Å²) in [6.45, 7) is 0. The smallest absolute Gasteiger partial charge is 0.300 e. The van der Waals surface area contributed by atoms with Crippen molar-refractivity contribution in [3.63, 3.8) is 0 Å². The fourth-order valence-corrected chi connectivity index (χ4v) is 3.31. The number of carbonyl (C=O) groups excluding carboxylic acids is 3. The highest BCUT2D eigenvalue weighted by atomic mass is 35.5. The van der Waals surface area contributed by atoms with Gasteiger partial charge in [-0.15, -0.1) is 0 Å². The van der Waals surface area contributed by atoms with Crippen LogP contribution in [0, 0.1) is 0 Å². The van der Waals surface area contributed by atoms with E-state index in [0.29, 0.717) is 16.3 Å². The number of benzene rings is 3. The molecule has 0 spiro atoms. The van der Waals surface area contributed by atoms with Crippen molar-refractivity contribution in [3.8, 4) is 0 Å². The molecule has 7 nitrogen and oxygen atoms in total. The minimum absolute atomic E-state index is 0.0199. The summed E-state index contributed by atoms with van der Waals surface area (Å²) in [5.74, 6) is -1.36. The minimum Gasteiger partial charge on any atom is -0.319 e. The van der Waals surface area contributed by atoms with Gasteiger partial charge < -0.3 is 10.6 Å². The molecule has 4 N–H and O–H groups in total. The van der Waals surface area contributed by atoms with Crippen molar-refractivity contribution in [1.82, 2.24) is 4.98 Å². The van der Waals surface area contributed by atoms with Gasteiger partial charge >= 0.3 is 0 Å². The molecular formula is C24H18ClN4O3+. The number of aromatic amines is 2. The number of amides is 2. The molecule has 8 heteroatoms. The average molecular weight is 446 g/mol. The molecule has 0 saturated carbocycles. The zero-order valence-electron chi connectivity index (χ0n) is 16.7. The Morgan fingerprint density at radius 2 is 1.50 bits per heavy atom. The highest BCUT2D eigenvalue weighted by Crippen LogP contribution is 2.24. The standard InChI is InChI=1S/C24H17ClN4O3/c25-16-11-12-19(18(13-16)22(30)15-7-3-1-4-8-15)29-24(32)21-20(26-14-27-21)23(31)28-17-9-5-2-6-10-17/h1-14H,(H,26,27)(H,28,31)(H,29,32)/p+1. The number of hydrogen-bond donors (Lipinski definition) is 3. The van der Waals surface area contributed by atoms with Crippen molar-refractivity contribution < 1.29 is 19.4 Å². The first kappa shape index (κ1) is 21.0. The number of hydrogen-bond acceptors (Lipinski definition) is 3. The van der Waals surface area contributed by atoms with Crippen LogP contribution in [0.1, 0.15) is 36.9 Å². The SMILES string of the molecule is O=C(c1ccccc1)c1cc(Cl)ccc1NC(=O)c1[nH]c[nH+]c1C(=O)Nc1ccccc1. The van der Waals surface area contributed by atoms with E-state index in [4.69, 9.17) is 11.6 Å². The first-order chi connectivity index (χ1) is 15.5. The Labute approximate surface area is 188 Å². The van der Waals surface area contributed by atoms with Gasteiger partial charge in [0.2, 0.25) is 17.7 Å². The third kappa shape index (κ3) is 4.58. The van der Waals surface area contributed by atoms with Crippen LogP contribution >= 0.6 is 11.6 Å². The van der Waals surface area contributed by atoms with E-state index in [1.54, 1.807) is 66.7 Å². The summed E-state index contributed by atoms with van der Waals surface area (Å²) in [6, 6.07) is 22.2. The van der Waals surface area contributed by atoms with Crippen molar-refractivity contribution >= 4 is 40.6 Å². The van der Waals surface area contributed by atoms with Crippen molar-refractivity contribution in [2.75, 3.05) is 10.6 Å². The number of anilines is 2. The molecule has 0 aliphatic rings. The molecule has 0 saturated heterocycles. The zero-order chi connectivity index (χ0) is 22.5. The first-order valence-corrected chi connectivity index (χ1v) is 10.1. The lowest BCUT2D eigenvalue weighted by Gasteiger charge is -2.10. The summed E-state index contributed by atoms with van der Waals surface area (Å²) < 4.78 is 0. The summed E-state index contributed by atoms with van der Waals surface area (Å²) in [5, 5.41) is 5.78. The van der Waals surface area contributed by atoms with E-state index in [1.165, 1.54) is 12.4 Å². The Bertz CT molecular complexity index is 1290. The second-order valence-corrected chi connectivity index (χ2v) is 7.28. The predicted octanol–water partition coefficient (Wildman–Crippen LogP) is 4.22. The lowest BCUT2D eigenvalue weighted by Crippen LogP contribution is -2.25. The predicted molar refractivity (Wildman–Crippen MR) is 121 cm³/mol. The van der Waals surface area contributed by atoms with Crippen molar-refractivity contribution in [2.24, 2.45) is 0 Å². The van der Waals surface area contributed by atoms with E-state index < -0.39 is 11.8 Å². The molecule has 2 amide bonds. The molecule has 3 aromatic carbocycles. The van der Waals surface area contributed by atoms with Crippen LogP contribution < -0.4 is 15.6 Å². The number of aromatic nitrogens is 2. The maximum absolute atomic E-state index is 13.0. The van der Waals surface area contributed by atoms with Gasteiger partial charge in [-0.25, -0.2) is 9.97 Å². The van der Waals surface area contributed by atoms with Crippen LogP contribution in [0.15, 0.2) is 85.2 Å². The van der Waals surface area contributed by atoms with Gasteiger partial charge in [0, 0.05) is 21.8 Å². The number of carbonyl (C=O) groups is 3. The number of H-pyrrole nitrogens is 2. The maximum Gasteiger partial charge on any atom is 0.300 e. The van der Waals surface area contributed by atoms with Crippen LogP contribution in [0.3, 0.4) is 0 Å². The Hall–Kier alpha value is -4.23. The molecule has 0 fully saturated rings. The summed E-state index contributed by atoms with van der Waals surface area (Å²) in [5.41, 5.74) is 1.64. The minimum atomic E-state index is -0.589. The molecule has 0 bridgehead atoms. The molecule has 1 heterocycles. The number of para-hydroxylation sites is 1. The fraction of sp³-hybridized carbons (Fsp3) is 0. The maximum atomic E-state index is 13.0. The lowest BCUT2D eigenvalue weighted by molar-refractivity contribution is -0.379. The third-order valence-corrected chi connectivity index (χ3v) is 4.91. The molecular weight excluding hydrogens is 428 g/mol. The van der Waals surface area contributed by atoms with Crippen LogP contribution in [-0.2, 0) is 0 Å². The quantitative estimate of drug-likeness (QED) is 0.387. The molecule has 0 aliphatic carbocycles. The Kier molecular flexibility index (Phi) is 6.10. The molecule has 32 heavy (non-hydrogen) atoms. The highest BCUT2D eigenvalue weighted by molar-refractivity contribution is 6.31. The van der Waals surface area contributed by atoms with Crippen LogP contribution in [0.25, 0.3) is 0 Å². The summed E-state index contributed by atoms with van der Waals surface area (Å²) in [4.78, 5) is 44.1. The Morgan fingerprint density at radius 1 is 0.812 bits per heavy atom. The number of halogens is 1. The van der Waals surface area contributed by atoms with Crippen molar-refractivity contribution in [1.29, 1.82) is 0 Å². The monoisotopic (exact) mass is 445 g/mol. The molecule has 0 aliphatic heterocycles. The highest BCUT2D eigenvalue weighted by Gasteiger charge is 2.27. The van der Waals surface area contributed by atoms with E-state index in [0.717, 1.165) is 0 Å². The van der Waals surface area contributed by atoms with Gasteiger partial charge in [-0.1, -0.05) is 60.1 Å². The lowest BCUT2D eigenvalue weighted by atomic mass is 10.0. The van der Waals surface area contributed by atoms with Gasteiger partial charge in [-0.3, -0.25) is 14.4 Å². The molecule has 0 atom stereocenters. The molecule has 0 unspecified atom stereocenters. The molecule has 1 aromatic heterocycles. The van der Waals surface area contributed by atoms with E-state index in [-0.39, 0.29) is 28.4 Å². The average Bonchev–Trinajstić information content (AvgIpc) is 3.31. The fourth-order valence-electron chi connectivity index (χ4n) is 3.14. The normalized spacial score (nSPS) is 10.4. The van der Waals surface area contributed by atoms with Crippen LogP contribution in [0.5, 0.6) is 0 Å². The number of ketones is 1. The molecule has 4 rings (SSSR count). The van der Waals surface area contributed by atoms with E-state index in [9.17, 15) is 14.4 Å². The number of imidazole rings is 1. The van der Waals surface area contributed by atoms with Crippen LogP contribution in [0.4, 0.5) is 11.4 Å². The first-order valence-electron chi connectivity index (χ1n) is 9.69. The topological polar surface area (TPSA) is 105 Å². The van der Waals surface area contributed by atoms with Gasteiger partial charge in [0.1, 0.15) is 0 Å². The molecule has 4 aromatic rings. The van der Waals surface area contributed by atoms with Crippen LogP contribution in [-0.4, -0.2) is 22.6 Å². The van der Waals surface area contributed by atoms with Gasteiger partial charge in [0.05, 0.1) is 5.69 Å². The van der Waals surface area contributed by atoms with E-state index in [2.05, 4.69) is 20.6 Å². The Balaban J connectivity index is 1.59. The van der Waals surface area contributed by atoms with Crippen molar-refractivity contribution in [3.05, 3.63) is 113 Å². The van der Waals surface area contributed by atoms with E-state index in [1.807, 2.05) is 6.07 Å². The van der Waals surface area contributed by atoms with Crippen molar-refractivity contribution in [2.45, 2.75) is 0 Å². The summed E-state index contributed by atoms with van der Waals surface area (Å²) in [7, 11) is 0.